The quantitative estimate of drug-likeness (QED) is 0.382. The summed E-state index contributed by atoms with van der Waals surface area (Å²) in [5.41, 5.74) is 1.28. The summed E-state index contributed by atoms with van der Waals surface area (Å²) in [7, 11) is 1.30. The first-order chi connectivity index (χ1) is 18.6. The number of amides is 1. The molecule has 220 valence electrons. The highest BCUT2D eigenvalue weighted by Crippen LogP contribution is 2.30. The normalized spacial score (nSPS) is 23.5. The van der Waals surface area contributed by atoms with Gasteiger partial charge >= 0.3 is 0 Å². The summed E-state index contributed by atoms with van der Waals surface area (Å²) in [5.74, 6) is 0.590. The van der Waals surface area contributed by atoms with E-state index in [1.54, 1.807) is 40.1 Å². The Labute approximate surface area is 235 Å². The van der Waals surface area contributed by atoms with E-state index in [0.29, 0.717) is 22.9 Å². The lowest BCUT2D eigenvalue weighted by molar-refractivity contribution is -0.136. The zero-order valence-corrected chi connectivity index (χ0v) is 25.3. The van der Waals surface area contributed by atoms with Crippen LogP contribution in [0, 0.1) is 13.8 Å². The Bertz CT molecular complexity index is 1060. The molecule has 2 saturated carbocycles. The lowest BCUT2D eigenvalue weighted by Crippen LogP contribution is -2.52. The van der Waals surface area contributed by atoms with Crippen molar-refractivity contribution >= 4 is 15.9 Å². The van der Waals surface area contributed by atoms with Crippen LogP contribution in [0.4, 0.5) is 0 Å². The highest BCUT2D eigenvalue weighted by molar-refractivity contribution is 7.89. The van der Waals surface area contributed by atoms with E-state index in [-0.39, 0.29) is 36.6 Å². The first-order valence-corrected chi connectivity index (χ1v) is 16.0. The number of ether oxygens (including phenoxy) is 2. The molecule has 1 aromatic carbocycles. The number of carbonyl (C=O) groups excluding carboxylic acids is 1. The van der Waals surface area contributed by atoms with Gasteiger partial charge in [-0.2, -0.15) is 4.31 Å². The fourth-order valence-electron chi connectivity index (χ4n) is 6.72. The number of sulfonamides is 1. The highest BCUT2D eigenvalue weighted by Gasteiger charge is 2.35. The largest absolute Gasteiger partial charge is 0.497 e. The zero-order chi connectivity index (χ0) is 28.2. The lowest BCUT2D eigenvalue weighted by Gasteiger charge is -2.40. The van der Waals surface area contributed by atoms with E-state index in [1.165, 1.54) is 43.1 Å². The number of hydrogen-bond donors (Lipinski definition) is 0. The molecule has 1 saturated heterocycles. The van der Waals surface area contributed by atoms with Crippen molar-refractivity contribution in [1.29, 1.82) is 0 Å². The predicted molar refractivity (Wildman–Crippen MR) is 153 cm³/mol. The molecule has 0 aromatic heterocycles. The number of methoxy groups -OCH3 is 1. The molecule has 0 N–H and O–H groups in total. The van der Waals surface area contributed by atoms with Gasteiger partial charge in [0.25, 0.3) is 0 Å². The van der Waals surface area contributed by atoms with Gasteiger partial charge in [0, 0.05) is 64.9 Å². The first kappa shape index (κ1) is 30.2. The van der Waals surface area contributed by atoms with E-state index < -0.39 is 10.0 Å². The van der Waals surface area contributed by atoms with Gasteiger partial charge in [0.05, 0.1) is 18.6 Å². The third-order valence-electron chi connectivity index (χ3n) is 9.14. The summed E-state index contributed by atoms with van der Waals surface area (Å²) in [4.78, 5) is 20.3. The smallest absolute Gasteiger partial charge is 0.248 e. The van der Waals surface area contributed by atoms with Crippen LogP contribution in [0.1, 0.15) is 56.1 Å². The molecule has 1 aliphatic heterocycles. The van der Waals surface area contributed by atoms with Crippen LogP contribution in [-0.4, -0.2) is 119 Å². The fourth-order valence-corrected chi connectivity index (χ4v) is 8.28. The summed E-state index contributed by atoms with van der Waals surface area (Å²) in [6.45, 7) is 8.46. The molecule has 2 unspecified atom stereocenters. The van der Waals surface area contributed by atoms with Crippen molar-refractivity contribution in [1.82, 2.24) is 19.0 Å². The maximum Gasteiger partial charge on any atom is 0.248 e. The maximum atomic E-state index is 13.2. The third kappa shape index (κ3) is 7.14. The molecule has 1 aromatic rings. The van der Waals surface area contributed by atoms with Crippen molar-refractivity contribution in [3.63, 3.8) is 0 Å². The Balaban J connectivity index is 1.18. The topological polar surface area (TPSA) is 82.6 Å². The average Bonchev–Trinajstić information content (AvgIpc) is 3.63. The molecule has 3 fully saturated rings. The molecule has 10 heteroatoms. The summed E-state index contributed by atoms with van der Waals surface area (Å²) in [6, 6.07) is 5.05. The predicted octanol–water partition coefficient (Wildman–Crippen LogP) is 2.89. The average molecular weight is 565 g/mol. The number of piperazine rings is 1. The second-order valence-corrected chi connectivity index (χ2v) is 13.6. The maximum absolute atomic E-state index is 13.2. The van der Waals surface area contributed by atoms with Crippen molar-refractivity contribution in [3.05, 3.63) is 23.3 Å². The van der Waals surface area contributed by atoms with Gasteiger partial charge < -0.3 is 14.4 Å². The number of carbonyl (C=O) groups is 1. The molecule has 3 aliphatic rings. The number of aryl methyl sites for hydroxylation is 2. The third-order valence-corrected chi connectivity index (χ3v) is 11.3. The van der Waals surface area contributed by atoms with Crippen LogP contribution in [0.2, 0.25) is 0 Å². The molecule has 0 spiro atoms. The second kappa shape index (κ2) is 13.3. The second-order valence-electron chi connectivity index (χ2n) is 11.6. The van der Waals surface area contributed by atoms with Gasteiger partial charge in [-0.1, -0.05) is 12.8 Å². The van der Waals surface area contributed by atoms with E-state index >= 15 is 0 Å². The van der Waals surface area contributed by atoms with Crippen molar-refractivity contribution < 1.29 is 22.7 Å². The van der Waals surface area contributed by atoms with E-state index in [0.717, 1.165) is 38.4 Å². The van der Waals surface area contributed by atoms with E-state index in [2.05, 4.69) is 9.80 Å². The molecule has 2 aliphatic carbocycles. The van der Waals surface area contributed by atoms with Crippen molar-refractivity contribution in [3.8, 4) is 5.75 Å². The molecule has 1 heterocycles. The highest BCUT2D eigenvalue weighted by atomic mass is 32.2. The Kier molecular flexibility index (Phi) is 10.3. The lowest BCUT2D eigenvalue weighted by atomic mass is 10.1. The van der Waals surface area contributed by atoms with Crippen molar-refractivity contribution in [2.75, 3.05) is 67.1 Å². The molecule has 1 amide bonds. The van der Waals surface area contributed by atoms with Gasteiger partial charge in [0.1, 0.15) is 12.4 Å². The molecule has 39 heavy (non-hydrogen) atoms. The first-order valence-electron chi connectivity index (χ1n) is 14.5. The van der Waals surface area contributed by atoms with Gasteiger partial charge in [-0.05, 0) is 69.2 Å². The molecular formula is C29H48N4O5S. The monoisotopic (exact) mass is 564 g/mol. The van der Waals surface area contributed by atoms with Gasteiger partial charge in [-0.15, -0.1) is 0 Å². The molecule has 2 atom stereocenters. The van der Waals surface area contributed by atoms with E-state index in [4.69, 9.17) is 9.47 Å². The Morgan fingerprint density at radius 3 is 2.13 bits per heavy atom. The summed E-state index contributed by atoms with van der Waals surface area (Å²) >= 11 is 0. The Hall–Kier alpha value is -1.72. The van der Waals surface area contributed by atoms with Crippen LogP contribution in [0.3, 0.4) is 0 Å². The number of likely N-dealkylation sites (N-methyl/N-ethyl adjacent to an activating group) is 2. The molecule has 4 rings (SSSR count). The van der Waals surface area contributed by atoms with E-state index in [9.17, 15) is 13.2 Å². The number of nitrogens with zero attached hydrogens (tertiary/aromatic N) is 4. The fraction of sp³-hybridized carbons (Fsp3) is 0.759. The van der Waals surface area contributed by atoms with Crippen LogP contribution < -0.4 is 4.74 Å². The van der Waals surface area contributed by atoms with Crippen LogP contribution >= 0.6 is 0 Å². The molecule has 0 radical (unpaired) electrons. The minimum atomic E-state index is -3.69. The summed E-state index contributed by atoms with van der Waals surface area (Å²) in [5, 5.41) is 0. The molecule has 9 nitrogen and oxygen atoms in total. The number of hydrogen-bond acceptors (Lipinski definition) is 7. The van der Waals surface area contributed by atoms with Gasteiger partial charge in [0.2, 0.25) is 15.9 Å². The molecule has 0 bridgehead atoms. The van der Waals surface area contributed by atoms with Gasteiger partial charge in [0.15, 0.2) is 0 Å². The van der Waals surface area contributed by atoms with Crippen molar-refractivity contribution in [2.45, 2.75) is 81.8 Å². The number of benzene rings is 1. The summed E-state index contributed by atoms with van der Waals surface area (Å²) in [6.07, 6.45) is 8.70. The van der Waals surface area contributed by atoms with E-state index in [1.807, 2.05) is 11.9 Å². The Morgan fingerprint density at radius 2 is 1.54 bits per heavy atom. The SMILES string of the molecule is COc1cc(C)c(S(=O)(=O)N(C)CCOCC(=O)N(C)C2CCC(N3CCN(C4CCCC4)CC3)C2)c(C)c1. The van der Waals surface area contributed by atoms with Gasteiger partial charge in [-0.25, -0.2) is 8.42 Å². The minimum Gasteiger partial charge on any atom is -0.497 e. The number of rotatable bonds is 11. The van der Waals surface area contributed by atoms with Gasteiger partial charge in [-0.3, -0.25) is 14.6 Å². The minimum absolute atomic E-state index is 0.0355. The standard InChI is InChI=1S/C29H48N4O5S/c1-22-18-27(37-5)19-23(2)29(22)39(35,36)30(3)16-17-38-21-28(34)31(4)25-10-11-26(20-25)33-14-12-32(13-15-33)24-8-6-7-9-24/h18-19,24-26H,6-17,20-21H2,1-5H3. The molecular weight excluding hydrogens is 516 g/mol. The van der Waals surface area contributed by atoms with Crippen LogP contribution in [0.15, 0.2) is 17.0 Å². The van der Waals surface area contributed by atoms with Crippen LogP contribution in [0.5, 0.6) is 5.75 Å². The van der Waals surface area contributed by atoms with Crippen molar-refractivity contribution in [2.24, 2.45) is 0 Å². The summed E-state index contributed by atoms with van der Waals surface area (Å²) < 4.78 is 38.5. The van der Waals surface area contributed by atoms with Crippen LogP contribution in [0.25, 0.3) is 0 Å². The zero-order valence-electron chi connectivity index (χ0n) is 24.5. The van der Waals surface area contributed by atoms with Crippen LogP contribution in [-0.2, 0) is 19.6 Å². The Morgan fingerprint density at radius 1 is 0.949 bits per heavy atom.